The largest absolute Gasteiger partial charge is 0.497 e. The molecule has 7 heteroatoms. The van der Waals surface area contributed by atoms with Crippen LogP contribution in [-0.4, -0.2) is 27.8 Å². The normalized spacial score (nSPS) is 10.7. The summed E-state index contributed by atoms with van der Waals surface area (Å²) in [7, 11) is 1.62. The summed E-state index contributed by atoms with van der Waals surface area (Å²) >= 11 is 1.64. The second kappa shape index (κ2) is 8.28. The van der Waals surface area contributed by atoms with Crippen molar-refractivity contribution in [2.24, 2.45) is 0 Å². The molecule has 0 aliphatic heterocycles. The van der Waals surface area contributed by atoms with Crippen LogP contribution in [0.25, 0.3) is 11.4 Å². The summed E-state index contributed by atoms with van der Waals surface area (Å²) in [4.78, 5) is 18.8. The van der Waals surface area contributed by atoms with Gasteiger partial charge in [0.15, 0.2) is 5.82 Å². The number of rotatable bonds is 6. The summed E-state index contributed by atoms with van der Waals surface area (Å²) in [6.45, 7) is 2.55. The molecule has 6 nitrogen and oxygen atoms in total. The molecule has 29 heavy (non-hydrogen) atoms. The van der Waals surface area contributed by atoms with E-state index in [4.69, 9.17) is 4.74 Å². The van der Waals surface area contributed by atoms with Gasteiger partial charge in [0.1, 0.15) is 5.75 Å². The van der Waals surface area contributed by atoms with Crippen molar-refractivity contribution in [3.63, 3.8) is 0 Å². The number of carbonyl (C=O) groups is 1. The summed E-state index contributed by atoms with van der Waals surface area (Å²) in [5, 5.41) is 9.75. The molecule has 0 bridgehead atoms. The first-order chi connectivity index (χ1) is 14.1. The molecule has 0 aliphatic carbocycles. The summed E-state index contributed by atoms with van der Waals surface area (Å²) in [5.41, 5.74) is 2.46. The van der Waals surface area contributed by atoms with E-state index in [-0.39, 0.29) is 5.91 Å². The van der Waals surface area contributed by atoms with E-state index in [0.717, 1.165) is 21.8 Å². The maximum absolute atomic E-state index is 13.1. The quantitative estimate of drug-likeness (QED) is 0.508. The van der Waals surface area contributed by atoms with Crippen LogP contribution in [0.3, 0.4) is 0 Å². The van der Waals surface area contributed by atoms with Crippen molar-refractivity contribution in [2.75, 3.05) is 12.4 Å². The topological polar surface area (TPSA) is 69.0 Å². The van der Waals surface area contributed by atoms with Crippen molar-refractivity contribution in [3.8, 4) is 17.1 Å². The smallest absolute Gasteiger partial charge is 0.281 e. The van der Waals surface area contributed by atoms with Gasteiger partial charge in [-0.15, -0.1) is 16.4 Å². The van der Waals surface area contributed by atoms with Crippen LogP contribution >= 0.6 is 11.3 Å². The lowest BCUT2D eigenvalue weighted by molar-refractivity contribution is 0.0947. The van der Waals surface area contributed by atoms with E-state index >= 15 is 0 Å². The Balaban J connectivity index is 1.69. The lowest BCUT2D eigenvalue weighted by Gasteiger charge is -2.06. The van der Waals surface area contributed by atoms with E-state index < -0.39 is 0 Å². The highest BCUT2D eigenvalue weighted by molar-refractivity contribution is 7.09. The number of ether oxygens (including phenoxy) is 1. The van der Waals surface area contributed by atoms with E-state index in [2.05, 4.69) is 15.4 Å². The Morgan fingerprint density at radius 3 is 2.52 bits per heavy atom. The molecule has 2 heterocycles. The summed E-state index contributed by atoms with van der Waals surface area (Å²) in [5.74, 6) is 1.41. The number of nitrogens with zero attached hydrogens (tertiary/aromatic N) is 3. The number of aromatic nitrogens is 3. The number of aryl methyl sites for hydroxylation is 1. The third-order valence-corrected chi connectivity index (χ3v) is 5.32. The van der Waals surface area contributed by atoms with Gasteiger partial charge in [-0.3, -0.25) is 4.79 Å². The Kier molecular flexibility index (Phi) is 5.39. The van der Waals surface area contributed by atoms with Crippen LogP contribution in [0.1, 0.15) is 20.8 Å². The number of anilines is 1. The molecule has 2 aromatic carbocycles. The average Bonchev–Trinajstić information content (AvgIpc) is 3.42. The van der Waals surface area contributed by atoms with Crippen LogP contribution in [-0.2, 0) is 6.54 Å². The molecule has 4 rings (SSSR count). The molecule has 146 valence electrons. The number of nitrogens with one attached hydrogen (secondary N) is 1. The van der Waals surface area contributed by atoms with Crippen molar-refractivity contribution < 1.29 is 9.53 Å². The Morgan fingerprint density at radius 2 is 1.86 bits per heavy atom. The molecule has 0 saturated heterocycles. The molecule has 2 aromatic heterocycles. The number of hydrogen-bond donors (Lipinski definition) is 1. The summed E-state index contributed by atoms with van der Waals surface area (Å²) < 4.78 is 6.54. The van der Waals surface area contributed by atoms with Gasteiger partial charge in [0.2, 0.25) is 5.95 Å². The fourth-order valence-corrected chi connectivity index (χ4v) is 3.47. The van der Waals surface area contributed by atoms with E-state index in [0.29, 0.717) is 23.9 Å². The van der Waals surface area contributed by atoms with Crippen molar-refractivity contribution >= 4 is 23.2 Å². The molecule has 0 spiro atoms. The van der Waals surface area contributed by atoms with Crippen molar-refractivity contribution in [2.45, 2.75) is 13.5 Å². The fourth-order valence-electron chi connectivity index (χ4n) is 2.83. The minimum atomic E-state index is -0.231. The fraction of sp³-hybridized carbons (Fsp3) is 0.136. The molecule has 0 fully saturated rings. The summed E-state index contributed by atoms with van der Waals surface area (Å²) in [6, 6.07) is 18.9. The minimum absolute atomic E-state index is 0.231. The number of methoxy groups -OCH3 is 1. The average molecular weight is 404 g/mol. The summed E-state index contributed by atoms with van der Waals surface area (Å²) in [6.07, 6.45) is 0. The Hall–Kier alpha value is -3.45. The Morgan fingerprint density at radius 1 is 1.10 bits per heavy atom. The monoisotopic (exact) mass is 404 g/mol. The molecular formula is C22H20N4O2S. The zero-order valence-electron chi connectivity index (χ0n) is 16.1. The van der Waals surface area contributed by atoms with Gasteiger partial charge in [0, 0.05) is 16.0 Å². The lowest BCUT2D eigenvalue weighted by Crippen LogP contribution is -2.17. The maximum Gasteiger partial charge on any atom is 0.281 e. The van der Waals surface area contributed by atoms with Crippen LogP contribution in [0.15, 0.2) is 66.0 Å². The number of hydrogen-bond acceptors (Lipinski definition) is 6. The molecule has 0 atom stereocenters. The van der Waals surface area contributed by atoms with Gasteiger partial charge in [0.25, 0.3) is 5.91 Å². The second-order valence-corrected chi connectivity index (χ2v) is 7.54. The molecule has 0 radical (unpaired) electrons. The number of carbonyl (C=O) groups excluding carboxylic acids is 1. The molecule has 0 saturated carbocycles. The molecule has 0 amide bonds. The first kappa shape index (κ1) is 18.9. The predicted molar refractivity (Wildman–Crippen MR) is 115 cm³/mol. The van der Waals surface area contributed by atoms with Gasteiger partial charge in [-0.25, -0.2) is 0 Å². The zero-order valence-corrected chi connectivity index (χ0v) is 16.9. The standard InChI is InChI=1S/C22H20N4O2S/c1-15-5-7-17(8-6-15)21(27)26-22(23-14-19-4-3-13-29-19)24-20(25-26)16-9-11-18(28-2)12-10-16/h3-13H,14H2,1-2H3,(H,23,24,25). The Bertz CT molecular complexity index is 1100. The highest BCUT2D eigenvalue weighted by Gasteiger charge is 2.19. The van der Waals surface area contributed by atoms with E-state index in [9.17, 15) is 4.79 Å². The van der Waals surface area contributed by atoms with Gasteiger partial charge in [-0.05, 0) is 54.8 Å². The van der Waals surface area contributed by atoms with E-state index in [1.54, 1.807) is 30.6 Å². The lowest BCUT2D eigenvalue weighted by atomic mass is 10.1. The molecule has 4 aromatic rings. The maximum atomic E-state index is 13.1. The third kappa shape index (κ3) is 4.20. The first-order valence-electron chi connectivity index (χ1n) is 9.13. The predicted octanol–water partition coefficient (Wildman–Crippen LogP) is 4.62. The van der Waals surface area contributed by atoms with Crippen molar-refractivity contribution in [1.29, 1.82) is 0 Å². The highest BCUT2D eigenvalue weighted by Crippen LogP contribution is 2.22. The second-order valence-electron chi connectivity index (χ2n) is 6.50. The van der Waals surface area contributed by atoms with Crippen molar-refractivity contribution in [3.05, 3.63) is 82.0 Å². The van der Waals surface area contributed by atoms with Gasteiger partial charge in [-0.1, -0.05) is 23.8 Å². The first-order valence-corrected chi connectivity index (χ1v) is 10.0. The molecule has 1 N–H and O–H groups in total. The van der Waals surface area contributed by atoms with E-state index in [1.165, 1.54) is 4.68 Å². The molecule has 0 unspecified atom stereocenters. The van der Waals surface area contributed by atoms with Gasteiger partial charge < -0.3 is 10.1 Å². The number of thiophene rings is 1. The Labute approximate surface area is 172 Å². The molecule has 0 aliphatic rings. The van der Waals surface area contributed by atoms with Gasteiger partial charge in [0.05, 0.1) is 13.7 Å². The van der Waals surface area contributed by atoms with Crippen LogP contribution in [0.2, 0.25) is 0 Å². The third-order valence-electron chi connectivity index (χ3n) is 4.45. The minimum Gasteiger partial charge on any atom is -0.497 e. The van der Waals surface area contributed by atoms with E-state index in [1.807, 2.05) is 60.8 Å². The van der Waals surface area contributed by atoms with Crippen LogP contribution in [0.4, 0.5) is 5.95 Å². The number of benzene rings is 2. The highest BCUT2D eigenvalue weighted by atomic mass is 32.1. The zero-order chi connectivity index (χ0) is 20.2. The van der Waals surface area contributed by atoms with Gasteiger partial charge in [-0.2, -0.15) is 9.67 Å². The van der Waals surface area contributed by atoms with Crippen LogP contribution < -0.4 is 10.1 Å². The van der Waals surface area contributed by atoms with Crippen molar-refractivity contribution in [1.82, 2.24) is 14.8 Å². The SMILES string of the molecule is COc1ccc(-c2nc(NCc3cccs3)n(C(=O)c3ccc(C)cc3)n2)cc1. The van der Waals surface area contributed by atoms with Crippen LogP contribution in [0.5, 0.6) is 5.75 Å². The van der Waals surface area contributed by atoms with Crippen LogP contribution in [0, 0.1) is 6.92 Å². The molecular weight excluding hydrogens is 384 g/mol. The van der Waals surface area contributed by atoms with Gasteiger partial charge >= 0.3 is 0 Å².